The number of sulfone groups is 1. The van der Waals surface area contributed by atoms with Crippen LogP contribution in [-0.2, 0) is 9.84 Å². The molecular weight excluding hydrogens is 598 g/mol. The fourth-order valence-corrected chi connectivity index (χ4v) is 6.13. The summed E-state index contributed by atoms with van der Waals surface area (Å²) in [7, 11) is -3.45. The molecule has 10 heteroatoms. The van der Waals surface area contributed by atoms with Crippen molar-refractivity contribution in [2.45, 2.75) is 23.0 Å². The van der Waals surface area contributed by atoms with Crippen LogP contribution in [0.5, 0.6) is 0 Å². The zero-order valence-electron chi connectivity index (χ0n) is 18.6. The number of halogens is 2. The van der Waals surface area contributed by atoms with Crippen LogP contribution in [0.4, 0.5) is 16.2 Å². The summed E-state index contributed by atoms with van der Waals surface area (Å²) in [6.45, 7) is 0.679. The fourth-order valence-electron chi connectivity index (χ4n) is 3.87. The van der Waals surface area contributed by atoms with Gasteiger partial charge in [-0.05, 0) is 79.6 Å². The van der Waals surface area contributed by atoms with Crippen LogP contribution in [0.2, 0.25) is 0 Å². The van der Waals surface area contributed by atoms with Gasteiger partial charge in [0.1, 0.15) is 0 Å². The molecule has 0 radical (unpaired) electrons. The molecule has 1 heterocycles. The van der Waals surface area contributed by atoms with Crippen LogP contribution in [-0.4, -0.2) is 43.6 Å². The number of piperidine rings is 1. The number of amides is 3. The molecule has 182 valence electrons. The monoisotopic (exact) mass is 619 g/mol. The van der Waals surface area contributed by atoms with Gasteiger partial charge < -0.3 is 15.5 Å². The van der Waals surface area contributed by atoms with Crippen LogP contribution in [0, 0.1) is 0 Å². The van der Waals surface area contributed by atoms with E-state index in [2.05, 4.69) is 42.5 Å². The van der Waals surface area contributed by atoms with Gasteiger partial charge in [0.15, 0.2) is 9.84 Å². The molecule has 0 aromatic heterocycles. The second-order valence-electron chi connectivity index (χ2n) is 8.16. The summed E-state index contributed by atoms with van der Waals surface area (Å²) in [5, 5.41) is 5.14. The molecule has 35 heavy (non-hydrogen) atoms. The predicted molar refractivity (Wildman–Crippen MR) is 143 cm³/mol. The van der Waals surface area contributed by atoms with E-state index in [1.807, 2.05) is 0 Å². The van der Waals surface area contributed by atoms with Gasteiger partial charge in [-0.1, -0.05) is 37.9 Å². The van der Waals surface area contributed by atoms with E-state index in [1.165, 1.54) is 0 Å². The highest BCUT2D eigenvalue weighted by atomic mass is 79.9. The number of nitrogens with zero attached hydrogens (tertiary/aromatic N) is 1. The minimum atomic E-state index is -3.45. The Bertz CT molecular complexity index is 1320. The van der Waals surface area contributed by atoms with Crippen LogP contribution in [0.1, 0.15) is 23.2 Å². The summed E-state index contributed by atoms with van der Waals surface area (Å²) in [6.07, 6.45) is 0.740. The number of likely N-dealkylation sites (tertiary alicyclic amines) is 1. The van der Waals surface area contributed by atoms with Crippen molar-refractivity contribution in [1.29, 1.82) is 0 Å². The average Bonchev–Trinajstić information content (AvgIpc) is 2.85. The molecule has 1 aliphatic rings. The van der Waals surface area contributed by atoms with Crippen LogP contribution in [0.25, 0.3) is 0 Å². The maximum Gasteiger partial charge on any atom is 0.321 e. The van der Waals surface area contributed by atoms with Crippen LogP contribution in [0.3, 0.4) is 0 Å². The van der Waals surface area contributed by atoms with Crippen LogP contribution >= 0.6 is 31.9 Å². The molecule has 0 spiro atoms. The van der Waals surface area contributed by atoms with Gasteiger partial charge in [-0.15, -0.1) is 0 Å². The largest absolute Gasteiger partial charge is 0.324 e. The molecule has 0 aliphatic carbocycles. The molecule has 2 N–H and O–H groups in total. The van der Waals surface area contributed by atoms with Gasteiger partial charge in [0.2, 0.25) is 0 Å². The number of urea groups is 1. The molecule has 7 nitrogen and oxygen atoms in total. The number of benzene rings is 3. The number of carbonyl (C=O) groups is 2. The zero-order chi connectivity index (χ0) is 25.0. The topological polar surface area (TPSA) is 95.6 Å². The third-order valence-corrected chi connectivity index (χ3v) is 9.12. The van der Waals surface area contributed by atoms with Crippen molar-refractivity contribution in [3.05, 3.63) is 87.3 Å². The van der Waals surface area contributed by atoms with Gasteiger partial charge in [0.25, 0.3) is 5.91 Å². The number of anilines is 2. The highest BCUT2D eigenvalue weighted by Gasteiger charge is 2.32. The Labute approximate surface area is 221 Å². The number of hydrogen-bond donors (Lipinski definition) is 2. The first-order valence-corrected chi connectivity index (χ1v) is 14.1. The van der Waals surface area contributed by atoms with Gasteiger partial charge in [0, 0.05) is 39.0 Å². The average molecular weight is 621 g/mol. The van der Waals surface area contributed by atoms with Crippen molar-refractivity contribution in [1.82, 2.24) is 4.90 Å². The molecule has 1 fully saturated rings. The van der Waals surface area contributed by atoms with Gasteiger partial charge >= 0.3 is 6.03 Å². The Kier molecular flexibility index (Phi) is 7.93. The highest BCUT2D eigenvalue weighted by molar-refractivity contribution is 9.10. The quantitative estimate of drug-likeness (QED) is 0.369. The third kappa shape index (κ3) is 6.31. The van der Waals surface area contributed by atoms with Crippen molar-refractivity contribution in [3.8, 4) is 0 Å². The lowest BCUT2D eigenvalue weighted by Crippen LogP contribution is -2.44. The molecule has 4 rings (SSSR count). The van der Waals surface area contributed by atoms with E-state index in [-0.39, 0.29) is 11.9 Å². The van der Waals surface area contributed by atoms with E-state index in [9.17, 15) is 18.0 Å². The van der Waals surface area contributed by atoms with Gasteiger partial charge in [0.05, 0.1) is 10.1 Å². The van der Waals surface area contributed by atoms with Crippen molar-refractivity contribution in [2.24, 2.45) is 0 Å². The Balaban J connectivity index is 1.34. The van der Waals surface area contributed by atoms with Crippen molar-refractivity contribution in [3.63, 3.8) is 0 Å². The summed E-state index contributed by atoms with van der Waals surface area (Å²) >= 11 is 6.67. The number of carbonyl (C=O) groups excluding carboxylic acids is 2. The predicted octanol–water partition coefficient (Wildman–Crippen LogP) is 5.93. The minimum Gasteiger partial charge on any atom is -0.324 e. The third-order valence-electron chi connectivity index (χ3n) is 5.79. The summed E-state index contributed by atoms with van der Waals surface area (Å²) in [4.78, 5) is 27.2. The first-order chi connectivity index (χ1) is 16.7. The number of hydrogen-bond acceptors (Lipinski definition) is 4. The van der Waals surface area contributed by atoms with Crippen LogP contribution < -0.4 is 10.6 Å². The van der Waals surface area contributed by atoms with E-state index >= 15 is 0 Å². The Morgan fingerprint density at radius 2 is 1.34 bits per heavy atom. The maximum absolute atomic E-state index is 12.9. The Morgan fingerprint density at radius 1 is 0.800 bits per heavy atom. The van der Waals surface area contributed by atoms with Crippen LogP contribution in [0.15, 0.2) is 86.6 Å². The molecule has 0 atom stereocenters. The lowest BCUT2D eigenvalue weighted by molar-refractivity contribution is 0.102. The molecule has 1 aliphatic heterocycles. The molecule has 3 amide bonds. The Hall–Kier alpha value is -2.69. The maximum atomic E-state index is 12.9. The van der Waals surface area contributed by atoms with Gasteiger partial charge in [-0.25, -0.2) is 13.2 Å². The second kappa shape index (κ2) is 10.9. The number of nitrogens with one attached hydrogen (secondary N) is 2. The van der Waals surface area contributed by atoms with E-state index in [4.69, 9.17) is 0 Å². The molecular formula is C25H23Br2N3O4S. The lowest BCUT2D eigenvalue weighted by Gasteiger charge is -2.31. The molecule has 0 saturated carbocycles. The van der Waals surface area contributed by atoms with Gasteiger partial charge in [-0.2, -0.15) is 0 Å². The van der Waals surface area contributed by atoms with Crippen molar-refractivity contribution >= 4 is 65.0 Å². The number of rotatable bonds is 5. The smallest absolute Gasteiger partial charge is 0.321 e. The van der Waals surface area contributed by atoms with Gasteiger partial charge in [-0.3, -0.25) is 4.79 Å². The normalized spacial score (nSPS) is 14.4. The van der Waals surface area contributed by atoms with E-state index < -0.39 is 15.1 Å². The minimum absolute atomic E-state index is 0.255. The SMILES string of the molecule is O=C(Nc1cccc(NC(=O)N2CCC(S(=O)(=O)c3ccc(Br)cc3)CC2)c1)c1ccc(Br)cc1. The van der Waals surface area contributed by atoms with E-state index in [0.29, 0.717) is 47.8 Å². The highest BCUT2D eigenvalue weighted by Crippen LogP contribution is 2.26. The standard InChI is InChI=1S/C25H23Br2N3O4S/c26-18-6-4-17(5-7-18)24(31)28-20-2-1-3-21(16-20)29-25(32)30-14-12-23(13-15-30)35(33,34)22-10-8-19(27)9-11-22/h1-11,16,23H,12-15H2,(H,28,31)(H,29,32). The van der Waals surface area contributed by atoms with E-state index in [1.54, 1.807) is 77.7 Å². The summed E-state index contributed by atoms with van der Waals surface area (Å²) < 4.78 is 27.6. The summed E-state index contributed by atoms with van der Waals surface area (Å²) in [6, 6.07) is 20.2. The summed E-state index contributed by atoms with van der Waals surface area (Å²) in [5.41, 5.74) is 1.60. The van der Waals surface area contributed by atoms with Crippen molar-refractivity contribution < 1.29 is 18.0 Å². The zero-order valence-corrected chi connectivity index (χ0v) is 22.6. The summed E-state index contributed by atoms with van der Waals surface area (Å²) in [5.74, 6) is -0.255. The molecule has 1 saturated heterocycles. The molecule has 3 aromatic rings. The first kappa shape index (κ1) is 25.4. The Morgan fingerprint density at radius 3 is 1.94 bits per heavy atom. The first-order valence-electron chi connectivity index (χ1n) is 10.9. The molecule has 0 unspecified atom stereocenters. The molecule has 3 aromatic carbocycles. The van der Waals surface area contributed by atoms with E-state index in [0.717, 1.165) is 8.95 Å². The fraction of sp³-hybridized carbons (Fsp3) is 0.200. The molecule has 0 bridgehead atoms. The van der Waals surface area contributed by atoms with Crippen molar-refractivity contribution in [2.75, 3.05) is 23.7 Å². The lowest BCUT2D eigenvalue weighted by atomic mass is 10.1. The second-order valence-corrected chi connectivity index (χ2v) is 12.2.